The molecule has 19 heavy (non-hydrogen) atoms. The van der Waals surface area contributed by atoms with Gasteiger partial charge in [-0.05, 0) is 12.1 Å². The molecule has 0 bridgehead atoms. The molecule has 0 aliphatic heterocycles. The normalized spacial score (nSPS) is 10.2. The van der Waals surface area contributed by atoms with E-state index >= 15 is 0 Å². The Hall–Kier alpha value is -2.41. The number of aromatic carboxylic acids is 1. The van der Waals surface area contributed by atoms with E-state index in [-0.39, 0.29) is 16.8 Å². The molecule has 2 heterocycles. The predicted octanol–water partition coefficient (Wildman–Crippen LogP) is 1.40. The van der Waals surface area contributed by atoms with Crippen molar-refractivity contribution in [1.29, 1.82) is 0 Å². The van der Waals surface area contributed by atoms with E-state index in [2.05, 4.69) is 5.32 Å². The Balaban J connectivity index is 2.23. The fourth-order valence-electron chi connectivity index (χ4n) is 1.48. The van der Waals surface area contributed by atoms with Gasteiger partial charge in [-0.25, -0.2) is 4.79 Å². The van der Waals surface area contributed by atoms with Gasteiger partial charge in [-0.1, -0.05) is 6.07 Å². The van der Waals surface area contributed by atoms with E-state index in [9.17, 15) is 14.4 Å². The molecule has 2 aromatic heterocycles. The van der Waals surface area contributed by atoms with E-state index in [0.717, 1.165) is 11.3 Å². The first-order chi connectivity index (χ1) is 8.99. The number of aromatic nitrogens is 1. The van der Waals surface area contributed by atoms with Gasteiger partial charge in [0, 0.05) is 18.5 Å². The minimum atomic E-state index is -1.05. The van der Waals surface area contributed by atoms with Crippen LogP contribution in [0.1, 0.15) is 20.8 Å². The van der Waals surface area contributed by atoms with Crippen LogP contribution in [0.5, 0.6) is 0 Å². The molecule has 0 atom stereocenters. The van der Waals surface area contributed by atoms with Crippen LogP contribution in [-0.2, 0) is 7.05 Å². The molecular weight excluding hydrogens is 268 g/mol. The second kappa shape index (κ2) is 5.07. The number of thiophene rings is 1. The first kappa shape index (κ1) is 13.0. The highest BCUT2D eigenvalue weighted by Gasteiger charge is 2.12. The van der Waals surface area contributed by atoms with E-state index in [1.807, 2.05) is 0 Å². The molecule has 0 saturated heterocycles. The number of hydrogen-bond donors (Lipinski definition) is 2. The average Bonchev–Trinajstić information content (AvgIpc) is 2.81. The average molecular weight is 278 g/mol. The number of hydrogen-bond acceptors (Lipinski definition) is 4. The van der Waals surface area contributed by atoms with Crippen LogP contribution in [-0.4, -0.2) is 21.6 Å². The molecule has 98 valence electrons. The number of nitrogens with zero attached hydrogens (tertiary/aromatic N) is 1. The van der Waals surface area contributed by atoms with Crippen LogP contribution in [0.15, 0.2) is 34.4 Å². The van der Waals surface area contributed by atoms with Crippen LogP contribution in [0.25, 0.3) is 0 Å². The summed E-state index contributed by atoms with van der Waals surface area (Å²) in [6, 6.07) is 5.73. The second-order valence-electron chi connectivity index (χ2n) is 3.77. The molecular formula is C12H10N2O4S. The minimum Gasteiger partial charge on any atom is -0.478 e. The molecule has 0 spiro atoms. The molecule has 7 heteroatoms. The SMILES string of the molecule is Cn1c(C(=O)Nc2cc(C(=O)O)cs2)cccc1=O. The molecule has 1 amide bonds. The van der Waals surface area contributed by atoms with E-state index in [0.29, 0.717) is 5.00 Å². The van der Waals surface area contributed by atoms with Gasteiger partial charge in [-0.3, -0.25) is 9.59 Å². The summed E-state index contributed by atoms with van der Waals surface area (Å²) in [5, 5.41) is 13.2. The Morgan fingerprint density at radius 3 is 2.74 bits per heavy atom. The third-order valence-corrected chi connectivity index (χ3v) is 3.35. The largest absolute Gasteiger partial charge is 0.478 e. The summed E-state index contributed by atoms with van der Waals surface area (Å²) in [6.45, 7) is 0. The van der Waals surface area contributed by atoms with Crippen molar-refractivity contribution in [3.63, 3.8) is 0 Å². The molecule has 2 N–H and O–H groups in total. The van der Waals surface area contributed by atoms with Crippen molar-refractivity contribution < 1.29 is 14.7 Å². The van der Waals surface area contributed by atoms with Crippen molar-refractivity contribution in [3.05, 3.63) is 51.3 Å². The zero-order valence-electron chi connectivity index (χ0n) is 9.91. The lowest BCUT2D eigenvalue weighted by Gasteiger charge is -2.06. The number of carboxylic acid groups (broad SMARTS) is 1. The summed E-state index contributed by atoms with van der Waals surface area (Å²) >= 11 is 1.11. The van der Waals surface area contributed by atoms with Crippen molar-refractivity contribution in [2.45, 2.75) is 0 Å². The lowest BCUT2D eigenvalue weighted by atomic mass is 10.3. The summed E-state index contributed by atoms with van der Waals surface area (Å²) in [7, 11) is 1.49. The van der Waals surface area contributed by atoms with E-state index in [4.69, 9.17) is 5.11 Å². The van der Waals surface area contributed by atoms with Gasteiger partial charge in [0.25, 0.3) is 11.5 Å². The molecule has 6 nitrogen and oxygen atoms in total. The molecule has 0 aromatic carbocycles. The first-order valence-electron chi connectivity index (χ1n) is 5.28. The molecule has 0 aliphatic carbocycles. The number of nitrogens with one attached hydrogen (secondary N) is 1. The number of anilines is 1. The van der Waals surface area contributed by atoms with Gasteiger partial charge >= 0.3 is 5.97 Å². The zero-order chi connectivity index (χ0) is 14.0. The number of carbonyl (C=O) groups excluding carboxylic acids is 1. The lowest BCUT2D eigenvalue weighted by Crippen LogP contribution is -2.25. The van der Waals surface area contributed by atoms with Crippen LogP contribution < -0.4 is 10.9 Å². The Bertz CT molecular complexity index is 702. The Labute approximate surface area is 111 Å². The molecule has 0 saturated carbocycles. The summed E-state index contributed by atoms with van der Waals surface area (Å²) in [4.78, 5) is 34.1. The topological polar surface area (TPSA) is 88.4 Å². The van der Waals surface area contributed by atoms with Crippen molar-refractivity contribution in [3.8, 4) is 0 Å². The summed E-state index contributed by atoms with van der Waals surface area (Å²) in [6.07, 6.45) is 0. The summed E-state index contributed by atoms with van der Waals surface area (Å²) in [5.41, 5.74) is 0.0325. The number of pyridine rings is 1. The fraction of sp³-hybridized carbons (Fsp3) is 0.0833. The number of carboxylic acids is 1. The maximum atomic E-state index is 12.0. The van der Waals surface area contributed by atoms with E-state index in [1.165, 1.54) is 41.3 Å². The van der Waals surface area contributed by atoms with Crippen LogP contribution in [0.4, 0.5) is 5.00 Å². The monoisotopic (exact) mass is 278 g/mol. The van der Waals surface area contributed by atoms with E-state index < -0.39 is 11.9 Å². The maximum Gasteiger partial charge on any atom is 0.336 e. The predicted molar refractivity (Wildman–Crippen MR) is 70.9 cm³/mol. The third kappa shape index (κ3) is 2.71. The first-order valence-corrected chi connectivity index (χ1v) is 6.16. The smallest absolute Gasteiger partial charge is 0.336 e. The number of rotatable bonds is 3. The Kier molecular flexibility index (Phi) is 3.48. The van der Waals surface area contributed by atoms with Gasteiger partial charge < -0.3 is 15.0 Å². The highest BCUT2D eigenvalue weighted by molar-refractivity contribution is 7.14. The van der Waals surface area contributed by atoms with Gasteiger partial charge in [0.2, 0.25) is 0 Å². The minimum absolute atomic E-state index is 0.113. The van der Waals surface area contributed by atoms with Crippen LogP contribution in [0.2, 0.25) is 0 Å². The molecule has 0 radical (unpaired) electrons. The van der Waals surface area contributed by atoms with Gasteiger partial charge in [0.05, 0.1) is 10.6 Å². The highest BCUT2D eigenvalue weighted by atomic mass is 32.1. The van der Waals surface area contributed by atoms with Gasteiger partial charge in [-0.2, -0.15) is 0 Å². The van der Waals surface area contributed by atoms with Crippen LogP contribution in [0.3, 0.4) is 0 Å². The molecule has 2 aromatic rings. The molecule has 0 aliphatic rings. The highest BCUT2D eigenvalue weighted by Crippen LogP contribution is 2.20. The fourth-order valence-corrected chi connectivity index (χ4v) is 2.25. The van der Waals surface area contributed by atoms with Crippen molar-refractivity contribution in [2.75, 3.05) is 5.32 Å². The second-order valence-corrected chi connectivity index (χ2v) is 4.68. The number of amides is 1. The van der Waals surface area contributed by atoms with Gasteiger partial charge in [0.15, 0.2) is 0 Å². The van der Waals surface area contributed by atoms with Crippen molar-refractivity contribution in [1.82, 2.24) is 4.57 Å². The summed E-state index contributed by atoms with van der Waals surface area (Å²) < 4.78 is 1.22. The maximum absolute atomic E-state index is 12.0. The Morgan fingerprint density at radius 1 is 1.37 bits per heavy atom. The molecule has 0 unspecified atom stereocenters. The standard InChI is InChI=1S/C12H10N2O4S/c1-14-8(3-2-4-10(14)15)11(16)13-9-5-7(6-19-9)12(17)18/h2-6H,1H3,(H,13,16)(H,17,18). The quantitative estimate of drug-likeness (QED) is 0.888. The van der Waals surface area contributed by atoms with Gasteiger partial charge in [0.1, 0.15) is 5.69 Å². The Morgan fingerprint density at radius 2 is 2.11 bits per heavy atom. The summed E-state index contributed by atoms with van der Waals surface area (Å²) in [5.74, 6) is -1.51. The van der Waals surface area contributed by atoms with E-state index in [1.54, 1.807) is 0 Å². The van der Waals surface area contributed by atoms with Crippen LogP contribution >= 0.6 is 11.3 Å². The van der Waals surface area contributed by atoms with Crippen molar-refractivity contribution in [2.24, 2.45) is 7.05 Å². The van der Waals surface area contributed by atoms with Crippen molar-refractivity contribution >= 4 is 28.2 Å². The third-order valence-electron chi connectivity index (χ3n) is 2.50. The number of carbonyl (C=O) groups is 2. The van der Waals surface area contributed by atoms with Gasteiger partial charge in [-0.15, -0.1) is 11.3 Å². The lowest BCUT2D eigenvalue weighted by molar-refractivity contribution is 0.0697. The molecule has 2 rings (SSSR count). The van der Waals surface area contributed by atoms with Crippen LogP contribution in [0, 0.1) is 0 Å². The molecule has 0 fully saturated rings. The zero-order valence-corrected chi connectivity index (χ0v) is 10.7.